The molecule has 2 atom stereocenters. The second-order valence-electron chi connectivity index (χ2n) is 6.44. The number of hydrogen-bond acceptors (Lipinski definition) is 7. The molecule has 2 rings (SSSR count). The van der Waals surface area contributed by atoms with Gasteiger partial charge < -0.3 is 15.7 Å². The molecule has 2 heterocycles. The van der Waals surface area contributed by atoms with E-state index in [-0.39, 0.29) is 5.56 Å². The molecule has 1 aliphatic rings. The molecule has 0 aromatic carbocycles. The lowest BCUT2D eigenvalue weighted by molar-refractivity contribution is -0.116. The van der Waals surface area contributed by atoms with Gasteiger partial charge in [-0.2, -0.15) is 10.5 Å². The number of amides is 1. The van der Waals surface area contributed by atoms with Gasteiger partial charge in [0.2, 0.25) is 5.91 Å². The molecule has 1 amide bonds. The van der Waals surface area contributed by atoms with Gasteiger partial charge in [-0.1, -0.05) is 50.1 Å². The fourth-order valence-electron chi connectivity index (χ4n) is 3.23. The van der Waals surface area contributed by atoms with Crippen molar-refractivity contribution in [2.75, 3.05) is 18.0 Å². The molecule has 0 bridgehead atoms. The summed E-state index contributed by atoms with van der Waals surface area (Å²) in [6.45, 7) is 10.1. The van der Waals surface area contributed by atoms with E-state index in [2.05, 4.69) is 30.3 Å². The predicted octanol–water partition coefficient (Wildman–Crippen LogP) is 2.20. The molecule has 29 heavy (non-hydrogen) atoms. The lowest BCUT2D eigenvalue weighted by Crippen LogP contribution is -2.28. The van der Waals surface area contributed by atoms with Crippen molar-refractivity contribution >= 4 is 23.5 Å². The highest BCUT2D eigenvalue weighted by Gasteiger charge is 2.30. The standard InChI is InChI=1S/C21H23N5O2S/c1-4-7-13(5-2)18(19(24)28)29-21-17(11-23)15(6-3)16(10-22)20(25-21)26-9-8-14(27)12-26/h4-5,7,14,18,27H,1-2,6,8-9,12H2,3H3,(H2,24,28)/b13-7+/t14-,18?/m0/s1. The van der Waals surface area contributed by atoms with Crippen molar-refractivity contribution in [2.24, 2.45) is 5.73 Å². The van der Waals surface area contributed by atoms with Crippen molar-refractivity contribution in [3.05, 3.63) is 53.6 Å². The second kappa shape index (κ2) is 9.92. The average Bonchev–Trinajstić information content (AvgIpc) is 3.15. The van der Waals surface area contributed by atoms with E-state index in [0.29, 0.717) is 53.5 Å². The van der Waals surface area contributed by atoms with Crippen molar-refractivity contribution in [3.8, 4) is 12.1 Å². The molecule has 7 nitrogen and oxygen atoms in total. The zero-order valence-corrected chi connectivity index (χ0v) is 17.1. The Kier molecular flexibility index (Phi) is 7.60. The van der Waals surface area contributed by atoms with Crippen molar-refractivity contribution in [2.45, 2.75) is 36.1 Å². The molecular formula is C21H23N5O2S. The lowest BCUT2D eigenvalue weighted by Gasteiger charge is -2.23. The number of aliphatic hydroxyl groups excluding tert-OH is 1. The second-order valence-corrected chi connectivity index (χ2v) is 7.54. The van der Waals surface area contributed by atoms with Gasteiger partial charge in [-0.05, 0) is 24.0 Å². The maximum atomic E-state index is 12.1. The van der Waals surface area contributed by atoms with E-state index in [1.807, 2.05) is 11.8 Å². The fourth-order valence-corrected chi connectivity index (χ4v) is 4.31. The number of thioether (sulfide) groups is 1. The zero-order chi connectivity index (χ0) is 21.6. The van der Waals surface area contributed by atoms with Crippen LogP contribution in [0.1, 0.15) is 30.0 Å². The summed E-state index contributed by atoms with van der Waals surface area (Å²) < 4.78 is 0. The highest BCUT2D eigenvalue weighted by atomic mass is 32.2. The number of aromatic nitrogens is 1. The number of nitrogens with two attached hydrogens (primary N) is 1. The van der Waals surface area contributed by atoms with E-state index in [1.165, 1.54) is 12.2 Å². The van der Waals surface area contributed by atoms with Crippen LogP contribution in [0.3, 0.4) is 0 Å². The molecule has 8 heteroatoms. The number of allylic oxidation sites excluding steroid dienone is 3. The van der Waals surface area contributed by atoms with Crippen molar-refractivity contribution in [1.29, 1.82) is 10.5 Å². The van der Waals surface area contributed by atoms with E-state index in [4.69, 9.17) is 5.73 Å². The number of anilines is 1. The molecule has 0 aliphatic carbocycles. The Morgan fingerprint density at radius 2 is 2.14 bits per heavy atom. The number of nitriles is 2. The number of β-amino-alcohol motifs (C(OH)–C–C–N with tert-alkyl or cyclic N) is 1. The topological polar surface area (TPSA) is 127 Å². The molecule has 1 fully saturated rings. The maximum absolute atomic E-state index is 12.1. The third-order valence-electron chi connectivity index (χ3n) is 4.63. The van der Waals surface area contributed by atoms with Gasteiger partial charge in [-0.25, -0.2) is 4.98 Å². The lowest BCUT2D eigenvalue weighted by atomic mass is 10.0. The summed E-state index contributed by atoms with van der Waals surface area (Å²) in [5, 5.41) is 28.9. The predicted molar refractivity (Wildman–Crippen MR) is 113 cm³/mol. The first-order chi connectivity index (χ1) is 13.9. The van der Waals surface area contributed by atoms with Gasteiger partial charge in [0.1, 0.15) is 28.2 Å². The molecule has 150 valence electrons. The third-order valence-corrected chi connectivity index (χ3v) is 5.88. The van der Waals surface area contributed by atoms with Gasteiger partial charge >= 0.3 is 0 Å². The highest BCUT2D eigenvalue weighted by molar-refractivity contribution is 8.00. The SMILES string of the molecule is C=C/C=C(\C=C)C(Sc1nc(N2CC[C@H](O)C2)c(C#N)c(CC)c1C#N)C(N)=O. The van der Waals surface area contributed by atoms with E-state index < -0.39 is 17.3 Å². The molecular weight excluding hydrogens is 386 g/mol. The van der Waals surface area contributed by atoms with Crippen LogP contribution >= 0.6 is 11.8 Å². The molecule has 3 N–H and O–H groups in total. The average molecular weight is 410 g/mol. The first kappa shape index (κ1) is 22.2. The first-order valence-electron chi connectivity index (χ1n) is 9.12. The van der Waals surface area contributed by atoms with Gasteiger partial charge in [0.25, 0.3) is 0 Å². The van der Waals surface area contributed by atoms with Crippen molar-refractivity contribution in [3.63, 3.8) is 0 Å². The number of carbonyl (C=O) groups is 1. The van der Waals surface area contributed by atoms with E-state index in [9.17, 15) is 20.4 Å². The van der Waals surface area contributed by atoms with Crippen LogP contribution in [0.5, 0.6) is 0 Å². The van der Waals surface area contributed by atoms with Crippen molar-refractivity contribution in [1.82, 2.24) is 4.98 Å². The van der Waals surface area contributed by atoms with Gasteiger partial charge in [0, 0.05) is 13.1 Å². The smallest absolute Gasteiger partial charge is 0.235 e. The number of primary amides is 1. The first-order valence-corrected chi connectivity index (χ1v) is 10.0. The summed E-state index contributed by atoms with van der Waals surface area (Å²) >= 11 is 1.05. The van der Waals surface area contributed by atoms with Crippen LogP contribution in [-0.4, -0.2) is 40.4 Å². The van der Waals surface area contributed by atoms with Gasteiger partial charge in [-0.3, -0.25) is 4.79 Å². The molecule has 1 unspecified atom stereocenters. The van der Waals surface area contributed by atoms with Crippen LogP contribution in [0.2, 0.25) is 0 Å². The Balaban J connectivity index is 2.67. The Bertz CT molecular complexity index is 942. The number of carbonyl (C=O) groups excluding carboxylic acids is 1. The number of nitrogens with zero attached hydrogens (tertiary/aromatic N) is 4. The Morgan fingerprint density at radius 3 is 2.59 bits per heavy atom. The molecule has 0 spiro atoms. The van der Waals surface area contributed by atoms with Crippen molar-refractivity contribution < 1.29 is 9.90 Å². The number of aliphatic hydroxyl groups is 1. The van der Waals surface area contributed by atoms with Gasteiger partial charge in [0.15, 0.2) is 0 Å². The zero-order valence-electron chi connectivity index (χ0n) is 16.3. The summed E-state index contributed by atoms with van der Waals surface area (Å²) in [6.07, 6.45) is 5.19. The monoisotopic (exact) mass is 409 g/mol. The maximum Gasteiger partial charge on any atom is 0.235 e. The summed E-state index contributed by atoms with van der Waals surface area (Å²) in [7, 11) is 0. The summed E-state index contributed by atoms with van der Waals surface area (Å²) in [4.78, 5) is 18.5. The van der Waals surface area contributed by atoms with Crippen LogP contribution in [0.4, 0.5) is 5.82 Å². The highest BCUT2D eigenvalue weighted by Crippen LogP contribution is 2.36. The molecule has 1 aliphatic heterocycles. The number of hydrogen-bond donors (Lipinski definition) is 2. The summed E-state index contributed by atoms with van der Waals surface area (Å²) in [6, 6.07) is 4.29. The minimum atomic E-state index is -0.820. The molecule has 1 aromatic heterocycles. The van der Waals surface area contributed by atoms with Crippen LogP contribution in [0, 0.1) is 22.7 Å². The minimum Gasteiger partial charge on any atom is -0.391 e. The van der Waals surface area contributed by atoms with Crippen LogP contribution in [0.15, 0.2) is 42.0 Å². The molecule has 1 saturated heterocycles. The van der Waals surface area contributed by atoms with Gasteiger partial charge in [0.05, 0.1) is 17.2 Å². The normalized spacial score (nSPS) is 17.3. The summed E-state index contributed by atoms with van der Waals surface area (Å²) in [5.74, 6) is -0.187. The fraction of sp³-hybridized carbons (Fsp3) is 0.333. The Labute approximate surface area is 174 Å². The van der Waals surface area contributed by atoms with Crippen LogP contribution in [-0.2, 0) is 11.2 Å². The molecule has 0 saturated carbocycles. The quantitative estimate of drug-likeness (QED) is 0.498. The van der Waals surface area contributed by atoms with E-state index >= 15 is 0 Å². The molecule has 1 aromatic rings. The van der Waals surface area contributed by atoms with Crippen LogP contribution in [0.25, 0.3) is 0 Å². The third kappa shape index (κ3) is 4.68. The van der Waals surface area contributed by atoms with E-state index in [1.54, 1.807) is 6.08 Å². The Hall–Kier alpha value is -3.07. The Morgan fingerprint density at radius 1 is 1.45 bits per heavy atom. The molecule has 0 radical (unpaired) electrons. The largest absolute Gasteiger partial charge is 0.391 e. The minimum absolute atomic E-state index is 0.255. The summed E-state index contributed by atoms with van der Waals surface area (Å²) in [5.41, 5.74) is 7.29. The number of rotatable bonds is 8. The van der Waals surface area contributed by atoms with Gasteiger partial charge in [-0.15, -0.1) is 0 Å². The van der Waals surface area contributed by atoms with Crippen LogP contribution < -0.4 is 10.6 Å². The van der Waals surface area contributed by atoms with E-state index in [0.717, 1.165) is 11.8 Å². The number of pyridine rings is 1.